The molecule has 162 valence electrons. The topological polar surface area (TPSA) is 76.9 Å². The number of benzene rings is 2. The van der Waals surface area contributed by atoms with E-state index in [4.69, 9.17) is 0 Å². The Morgan fingerprint density at radius 2 is 1.78 bits per heavy atom. The molecule has 1 amide bonds. The smallest absolute Gasteiger partial charge is 0.272 e. The first-order chi connectivity index (χ1) is 15.6. The van der Waals surface area contributed by atoms with Crippen LogP contribution in [-0.4, -0.2) is 20.4 Å². The number of hydrogen-bond acceptors (Lipinski definition) is 4. The minimum Gasteiger partial charge on any atom is -0.350 e. The average molecular weight is 427 g/mol. The molecule has 0 aliphatic heterocycles. The zero-order valence-corrected chi connectivity index (χ0v) is 18.1. The summed E-state index contributed by atoms with van der Waals surface area (Å²) in [6.45, 7) is 2.48. The van der Waals surface area contributed by atoms with E-state index >= 15 is 0 Å². The second kappa shape index (κ2) is 10.0. The summed E-state index contributed by atoms with van der Waals surface area (Å²) < 4.78 is 1.78. The van der Waals surface area contributed by atoms with Gasteiger partial charge in [0, 0.05) is 31.8 Å². The average Bonchev–Trinajstić information content (AvgIpc) is 2.83. The van der Waals surface area contributed by atoms with E-state index in [2.05, 4.69) is 27.4 Å². The van der Waals surface area contributed by atoms with Gasteiger partial charge < -0.3 is 9.88 Å². The Labute approximate surface area is 187 Å². The number of nitrogens with one attached hydrogen (secondary N) is 1. The Hall–Kier alpha value is -3.80. The summed E-state index contributed by atoms with van der Waals surface area (Å²) in [6.07, 6.45) is 4.68. The SMILES string of the molecule is C[C@@H](NC(=O)CCc1nc2ccccc2n(CCc2ccccc2)c1=O)c1cccnc1. The molecule has 2 heterocycles. The Morgan fingerprint density at radius 3 is 2.56 bits per heavy atom. The molecule has 1 N–H and O–H groups in total. The van der Waals surface area contributed by atoms with Crippen LogP contribution in [0.1, 0.15) is 36.2 Å². The van der Waals surface area contributed by atoms with Crippen LogP contribution in [0.5, 0.6) is 0 Å². The van der Waals surface area contributed by atoms with E-state index in [9.17, 15) is 9.59 Å². The highest BCUT2D eigenvalue weighted by molar-refractivity contribution is 5.77. The van der Waals surface area contributed by atoms with Gasteiger partial charge in [0.15, 0.2) is 0 Å². The van der Waals surface area contributed by atoms with Gasteiger partial charge in [0.1, 0.15) is 5.69 Å². The van der Waals surface area contributed by atoms with E-state index in [0.29, 0.717) is 18.7 Å². The lowest BCUT2D eigenvalue weighted by molar-refractivity contribution is -0.121. The van der Waals surface area contributed by atoms with E-state index < -0.39 is 0 Å². The van der Waals surface area contributed by atoms with Gasteiger partial charge in [-0.2, -0.15) is 0 Å². The van der Waals surface area contributed by atoms with Gasteiger partial charge in [0.25, 0.3) is 5.56 Å². The van der Waals surface area contributed by atoms with Crippen molar-refractivity contribution in [1.82, 2.24) is 19.9 Å². The van der Waals surface area contributed by atoms with Crippen molar-refractivity contribution in [2.24, 2.45) is 0 Å². The third-order valence-corrected chi connectivity index (χ3v) is 5.54. The van der Waals surface area contributed by atoms with Crippen molar-refractivity contribution in [3.63, 3.8) is 0 Å². The minimum atomic E-state index is -0.150. The van der Waals surface area contributed by atoms with Crippen molar-refractivity contribution in [2.45, 2.75) is 38.8 Å². The number of nitrogens with zero attached hydrogens (tertiary/aromatic N) is 3. The van der Waals surface area contributed by atoms with Crippen LogP contribution in [0.25, 0.3) is 11.0 Å². The van der Waals surface area contributed by atoms with E-state index in [1.54, 1.807) is 17.0 Å². The number of amides is 1. The first-order valence-corrected chi connectivity index (χ1v) is 10.8. The van der Waals surface area contributed by atoms with Crippen molar-refractivity contribution < 1.29 is 4.79 Å². The Bertz CT molecular complexity index is 1250. The van der Waals surface area contributed by atoms with Crippen LogP contribution in [0.3, 0.4) is 0 Å². The lowest BCUT2D eigenvalue weighted by Gasteiger charge is -2.14. The molecule has 4 aromatic rings. The van der Waals surface area contributed by atoms with Crippen LogP contribution >= 0.6 is 0 Å². The molecular formula is C26H26N4O2. The van der Waals surface area contributed by atoms with E-state index in [-0.39, 0.29) is 23.9 Å². The predicted octanol–water partition coefficient (Wildman–Crippen LogP) is 3.84. The maximum atomic E-state index is 13.2. The van der Waals surface area contributed by atoms with Crippen LogP contribution in [0, 0.1) is 0 Å². The lowest BCUT2D eigenvalue weighted by atomic mass is 10.1. The maximum absolute atomic E-state index is 13.2. The van der Waals surface area contributed by atoms with Crippen LogP contribution in [-0.2, 0) is 24.2 Å². The molecule has 0 saturated heterocycles. The third-order valence-electron chi connectivity index (χ3n) is 5.54. The molecule has 6 heteroatoms. The monoisotopic (exact) mass is 426 g/mol. The van der Waals surface area contributed by atoms with Crippen molar-refractivity contribution in [3.8, 4) is 0 Å². The molecule has 2 aromatic carbocycles. The third kappa shape index (κ3) is 5.09. The van der Waals surface area contributed by atoms with Crippen molar-refractivity contribution >= 4 is 16.9 Å². The molecule has 4 rings (SSSR count). The minimum absolute atomic E-state index is 0.119. The molecule has 1 atom stereocenters. The van der Waals surface area contributed by atoms with Gasteiger partial charge in [0.2, 0.25) is 5.91 Å². The van der Waals surface area contributed by atoms with Gasteiger partial charge in [-0.1, -0.05) is 48.5 Å². The highest BCUT2D eigenvalue weighted by Gasteiger charge is 2.14. The normalized spacial score (nSPS) is 11.9. The molecule has 0 spiro atoms. The fourth-order valence-electron chi connectivity index (χ4n) is 3.78. The van der Waals surface area contributed by atoms with Gasteiger partial charge >= 0.3 is 0 Å². The summed E-state index contributed by atoms with van der Waals surface area (Å²) in [5.41, 5.74) is 3.97. The summed E-state index contributed by atoms with van der Waals surface area (Å²) in [6, 6.07) is 21.4. The Morgan fingerprint density at radius 1 is 1.00 bits per heavy atom. The molecule has 0 radical (unpaired) electrons. The first-order valence-electron chi connectivity index (χ1n) is 10.8. The number of carbonyl (C=O) groups excluding carboxylic acids is 1. The summed E-state index contributed by atoms with van der Waals surface area (Å²) in [7, 11) is 0. The van der Waals surface area contributed by atoms with Crippen molar-refractivity contribution in [1.29, 1.82) is 0 Å². The number of fused-ring (bicyclic) bond motifs is 1. The molecule has 0 bridgehead atoms. The highest BCUT2D eigenvalue weighted by atomic mass is 16.1. The summed E-state index contributed by atoms with van der Waals surface area (Å²) >= 11 is 0. The number of rotatable bonds is 8. The fraction of sp³-hybridized carbons (Fsp3) is 0.231. The van der Waals surface area contributed by atoms with E-state index in [0.717, 1.165) is 23.0 Å². The van der Waals surface area contributed by atoms with Gasteiger partial charge in [-0.05, 0) is 42.7 Å². The number of carbonyl (C=O) groups is 1. The van der Waals surface area contributed by atoms with Crippen LogP contribution in [0.4, 0.5) is 0 Å². The number of pyridine rings is 1. The zero-order valence-electron chi connectivity index (χ0n) is 18.1. The first kappa shape index (κ1) is 21.4. The van der Waals surface area contributed by atoms with Crippen molar-refractivity contribution in [2.75, 3.05) is 0 Å². The summed E-state index contributed by atoms with van der Waals surface area (Å²) in [4.78, 5) is 34.4. The number of hydrogen-bond donors (Lipinski definition) is 1. The highest BCUT2D eigenvalue weighted by Crippen LogP contribution is 2.13. The predicted molar refractivity (Wildman–Crippen MR) is 125 cm³/mol. The van der Waals surface area contributed by atoms with Crippen LogP contribution in [0.15, 0.2) is 83.9 Å². The standard InChI is InChI=1S/C26H26N4O2/c1-19(21-10-7-16-27-18-21)28-25(31)14-13-23-26(32)30(17-15-20-8-3-2-4-9-20)24-12-6-5-11-22(24)29-23/h2-12,16,18-19H,13-15,17H2,1H3,(H,28,31)/t19-/m1/s1. The summed E-state index contributed by atoms with van der Waals surface area (Å²) in [5.74, 6) is -0.119. The number of aromatic nitrogens is 3. The molecule has 2 aromatic heterocycles. The van der Waals surface area contributed by atoms with Gasteiger partial charge in [-0.3, -0.25) is 14.6 Å². The maximum Gasteiger partial charge on any atom is 0.272 e. The quantitative estimate of drug-likeness (QED) is 0.464. The molecule has 0 aliphatic rings. The lowest BCUT2D eigenvalue weighted by Crippen LogP contribution is -2.30. The fourth-order valence-corrected chi connectivity index (χ4v) is 3.78. The van der Waals surface area contributed by atoms with Crippen molar-refractivity contribution in [3.05, 3.63) is 106 Å². The van der Waals surface area contributed by atoms with Gasteiger partial charge in [0.05, 0.1) is 17.1 Å². The molecule has 0 fully saturated rings. The zero-order chi connectivity index (χ0) is 22.3. The summed E-state index contributed by atoms with van der Waals surface area (Å²) in [5, 5.41) is 2.97. The van der Waals surface area contributed by atoms with Crippen LogP contribution < -0.4 is 10.9 Å². The molecule has 0 unspecified atom stereocenters. The van der Waals surface area contributed by atoms with E-state index in [1.807, 2.05) is 61.5 Å². The number of aryl methyl sites for hydroxylation is 3. The largest absolute Gasteiger partial charge is 0.350 e. The molecule has 6 nitrogen and oxygen atoms in total. The molecular weight excluding hydrogens is 400 g/mol. The second-order valence-corrected chi connectivity index (χ2v) is 7.82. The Kier molecular flexibility index (Phi) is 6.70. The van der Waals surface area contributed by atoms with Gasteiger partial charge in [-0.25, -0.2) is 4.98 Å². The second-order valence-electron chi connectivity index (χ2n) is 7.82. The van der Waals surface area contributed by atoms with Crippen LogP contribution in [0.2, 0.25) is 0 Å². The van der Waals surface area contributed by atoms with E-state index in [1.165, 1.54) is 5.56 Å². The molecule has 32 heavy (non-hydrogen) atoms. The number of para-hydroxylation sites is 2. The van der Waals surface area contributed by atoms with Gasteiger partial charge in [-0.15, -0.1) is 0 Å². The molecule has 0 saturated carbocycles. The molecule has 0 aliphatic carbocycles. The Balaban J connectivity index is 1.50.